The number of hydrogen-bond donors (Lipinski definition) is 0. The summed E-state index contributed by atoms with van der Waals surface area (Å²) in [5.41, 5.74) is 14.1. The Kier molecular flexibility index (Phi) is 9.35. The Morgan fingerprint density at radius 3 is 2.25 bits per heavy atom. The topological polar surface area (TPSA) is 4.93 Å². The van der Waals surface area contributed by atoms with Crippen molar-refractivity contribution in [1.82, 2.24) is 4.57 Å². The van der Waals surface area contributed by atoms with Crippen molar-refractivity contribution in [3.63, 3.8) is 0 Å². The second-order valence-electron chi connectivity index (χ2n) is 15.4. The zero-order valence-electron chi connectivity index (χ0n) is 30.2. The molecule has 0 radical (unpaired) electrons. The third-order valence-corrected chi connectivity index (χ3v) is 12.1. The third kappa shape index (κ3) is 6.78. The van der Waals surface area contributed by atoms with Gasteiger partial charge in [-0.15, -0.1) is 0 Å². The number of rotatable bonds is 9. The summed E-state index contributed by atoms with van der Waals surface area (Å²) in [6.45, 7) is 0. The van der Waals surface area contributed by atoms with Crippen molar-refractivity contribution in [2.75, 3.05) is 0 Å². The molecule has 0 aliphatic heterocycles. The van der Waals surface area contributed by atoms with E-state index in [1.807, 2.05) is 0 Å². The van der Waals surface area contributed by atoms with Crippen LogP contribution in [0.4, 0.5) is 0 Å². The van der Waals surface area contributed by atoms with Crippen LogP contribution in [-0.4, -0.2) is 4.57 Å². The number of para-hydroxylation sites is 2. The zero-order chi connectivity index (χ0) is 34.7. The average molecular weight is 676 g/mol. The minimum atomic E-state index is 0.525. The van der Waals surface area contributed by atoms with Gasteiger partial charge in [0.2, 0.25) is 0 Å². The molecule has 4 aromatic rings. The van der Waals surface area contributed by atoms with Gasteiger partial charge in [0.25, 0.3) is 0 Å². The third-order valence-electron chi connectivity index (χ3n) is 12.1. The molecule has 1 heterocycles. The van der Waals surface area contributed by atoms with E-state index in [0.717, 1.165) is 44.9 Å². The van der Waals surface area contributed by atoms with Crippen LogP contribution < -0.4 is 0 Å². The Balaban J connectivity index is 0.951. The van der Waals surface area contributed by atoms with Gasteiger partial charge >= 0.3 is 0 Å². The summed E-state index contributed by atoms with van der Waals surface area (Å²) in [7, 11) is 0. The van der Waals surface area contributed by atoms with Gasteiger partial charge in [-0.2, -0.15) is 0 Å². The van der Waals surface area contributed by atoms with E-state index in [9.17, 15) is 0 Å². The predicted molar refractivity (Wildman–Crippen MR) is 221 cm³/mol. The molecular formula is C51H49N. The van der Waals surface area contributed by atoms with Gasteiger partial charge in [0.15, 0.2) is 0 Å². The van der Waals surface area contributed by atoms with Crippen molar-refractivity contribution < 1.29 is 0 Å². The molecule has 4 unspecified atom stereocenters. The van der Waals surface area contributed by atoms with Crippen LogP contribution in [0.15, 0.2) is 175 Å². The molecule has 9 rings (SSSR count). The number of hydrogen-bond acceptors (Lipinski definition) is 0. The van der Waals surface area contributed by atoms with Crippen LogP contribution in [0.25, 0.3) is 28.2 Å². The zero-order valence-corrected chi connectivity index (χ0v) is 30.2. The van der Waals surface area contributed by atoms with E-state index in [-0.39, 0.29) is 0 Å². The van der Waals surface area contributed by atoms with E-state index in [0.29, 0.717) is 23.7 Å². The van der Waals surface area contributed by atoms with E-state index < -0.39 is 0 Å². The van der Waals surface area contributed by atoms with E-state index in [4.69, 9.17) is 0 Å². The average Bonchev–Trinajstić information content (AvgIpc) is 3.56. The van der Waals surface area contributed by atoms with Gasteiger partial charge in [0.1, 0.15) is 0 Å². The molecule has 0 saturated carbocycles. The normalized spacial score (nSPS) is 22.8. The summed E-state index contributed by atoms with van der Waals surface area (Å²) in [6, 6.07) is 29.4. The highest BCUT2D eigenvalue weighted by Gasteiger charge is 2.26. The van der Waals surface area contributed by atoms with Crippen LogP contribution in [0.1, 0.15) is 67.3 Å². The van der Waals surface area contributed by atoms with Crippen LogP contribution in [0, 0.1) is 23.7 Å². The van der Waals surface area contributed by atoms with Gasteiger partial charge in [0, 0.05) is 34.2 Å². The fourth-order valence-corrected chi connectivity index (χ4v) is 9.24. The van der Waals surface area contributed by atoms with Gasteiger partial charge in [-0.1, -0.05) is 145 Å². The molecule has 3 aromatic carbocycles. The van der Waals surface area contributed by atoms with Crippen LogP contribution in [-0.2, 0) is 12.8 Å². The number of nitrogens with zero attached hydrogens (tertiary/aromatic N) is 1. The fourth-order valence-electron chi connectivity index (χ4n) is 9.24. The Labute approximate surface area is 310 Å². The Bertz CT molecular complexity index is 2220. The van der Waals surface area contributed by atoms with Crippen molar-refractivity contribution in [2.24, 2.45) is 23.7 Å². The molecule has 258 valence electrons. The summed E-state index contributed by atoms with van der Waals surface area (Å²) in [5, 5.41) is 1.34. The molecule has 0 fully saturated rings. The van der Waals surface area contributed by atoms with Crippen molar-refractivity contribution in [1.29, 1.82) is 0 Å². The van der Waals surface area contributed by atoms with Gasteiger partial charge < -0.3 is 4.57 Å². The first kappa shape index (κ1) is 32.7. The van der Waals surface area contributed by atoms with Crippen molar-refractivity contribution >= 4 is 22.6 Å². The molecular weight excluding hydrogens is 627 g/mol. The number of fused-ring (bicyclic) bond motifs is 3. The fraction of sp³-hybridized carbons (Fsp3) is 0.255. The molecule has 0 spiro atoms. The van der Waals surface area contributed by atoms with Gasteiger partial charge in [-0.05, 0) is 122 Å². The lowest BCUT2D eigenvalue weighted by atomic mass is 9.75. The minimum absolute atomic E-state index is 0.525. The second kappa shape index (κ2) is 14.8. The maximum absolute atomic E-state index is 2.55. The Hall–Kier alpha value is -5.14. The summed E-state index contributed by atoms with van der Waals surface area (Å²) in [5.74, 6) is 2.16. The molecule has 0 amide bonds. The second-order valence-corrected chi connectivity index (χ2v) is 15.4. The lowest BCUT2D eigenvalue weighted by molar-refractivity contribution is 0.388. The molecule has 5 aliphatic carbocycles. The highest BCUT2D eigenvalue weighted by molar-refractivity contribution is 5.98. The lowest BCUT2D eigenvalue weighted by Crippen LogP contribution is -2.19. The van der Waals surface area contributed by atoms with Gasteiger partial charge in [0.05, 0.1) is 5.52 Å². The predicted octanol–water partition coefficient (Wildman–Crippen LogP) is 13.1. The van der Waals surface area contributed by atoms with Crippen molar-refractivity contribution in [3.8, 4) is 5.69 Å². The monoisotopic (exact) mass is 675 g/mol. The van der Waals surface area contributed by atoms with E-state index in [2.05, 4.69) is 168 Å². The standard InChI is InChI=1S/C51H49N/c1-4-12-39(13-5-1)41-24-20-37(21-25-41)34-46(44-30-28-42(29-31-44)40-14-6-2-7-15-40)35-38-22-26-43(27-23-38)45-32-33-51-49(36-45)48-18-10-11-19-50(48)52(51)47-16-8-3-9-17-47/h2-4,6-14,16-24,26-30,36,40-41,44,46H,1,5,15,25,31-35H2. The molecule has 4 atom stereocenters. The number of allylic oxidation sites excluding steroid dienone is 17. The van der Waals surface area contributed by atoms with Crippen molar-refractivity contribution in [3.05, 3.63) is 197 Å². The van der Waals surface area contributed by atoms with Crippen LogP contribution in [0.2, 0.25) is 0 Å². The van der Waals surface area contributed by atoms with Crippen LogP contribution in [0.5, 0.6) is 0 Å². The first-order chi connectivity index (χ1) is 25.8. The summed E-state index contributed by atoms with van der Waals surface area (Å²) >= 11 is 0. The molecule has 0 bridgehead atoms. The molecule has 1 nitrogen and oxygen atoms in total. The van der Waals surface area contributed by atoms with Crippen LogP contribution >= 0.6 is 0 Å². The number of benzene rings is 3. The summed E-state index contributed by atoms with van der Waals surface area (Å²) in [6.07, 6.45) is 43.7. The lowest BCUT2D eigenvalue weighted by Gasteiger charge is -2.29. The SMILES string of the molecule is C1=CCC(C2=CCC(C(CC3=CCC(C4=CCCC=C4)C=C3)Cc3ccc(C4=Cc5c(n(-c6ccccc6)c6ccccc56)CC4)cc3)C=C2)C=C1. The molecule has 5 aliphatic rings. The first-order valence-electron chi connectivity index (χ1n) is 19.7. The number of aromatic nitrogens is 1. The maximum atomic E-state index is 2.55. The largest absolute Gasteiger partial charge is 0.313 e. The molecule has 1 aromatic heterocycles. The van der Waals surface area contributed by atoms with Crippen molar-refractivity contribution in [2.45, 2.75) is 57.8 Å². The van der Waals surface area contributed by atoms with Crippen LogP contribution in [0.3, 0.4) is 0 Å². The van der Waals surface area contributed by atoms with Gasteiger partial charge in [-0.3, -0.25) is 0 Å². The van der Waals surface area contributed by atoms with E-state index >= 15 is 0 Å². The minimum Gasteiger partial charge on any atom is -0.313 e. The summed E-state index contributed by atoms with van der Waals surface area (Å²) in [4.78, 5) is 0. The molecule has 52 heavy (non-hydrogen) atoms. The smallest absolute Gasteiger partial charge is 0.0537 e. The Morgan fingerprint density at radius 2 is 1.48 bits per heavy atom. The van der Waals surface area contributed by atoms with E-state index in [1.54, 1.807) is 0 Å². The molecule has 0 N–H and O–H groups in total. The van der Waals surface area contributed by atoms with Gasteiger partial charge in [-0.25, -0.2) is 0 Å². The highest BCUT2D eigenvalue weighted by atomic mass is 15.0. The highest BCUT2D eigenvalue weighted by Crippen LogP contribution is 2.40. The molecule has 0 saturated heterocycles. The quantitative estimate of drug-likeness (QED) is 0.166. The first-order valence-corrected chi connectivity index (χ1v) is 19.7. The Morgan fingerprint density at radius 1 is 0.635 bits per heavy atom. The van der Waals surface area contributed by atoms with E-state index in [1.165, 1.54) is 74.1 Å². The summed E-state index contributed by atoms with van der Waals surface area (Å²) < 4.78 is 2.48. The molecule has 1 heteroatoms. The maximum Gasteiger partial charge on any atom is 0.0537 e.